The van der Waals surface area contributed by atoms with Gasteiger partial charge in [-0.1, -0.05) is 23.7 Å². The predicted octanol–water partition coefficient (Wildman–Crippen LogP) is 4.58. The van der Waals surface area contributed by atoms with E-state index in [0.717, 1.165) is 36.8 Å². The van der Waals surface area contributed by atoms with Crippen molar-refractivity contribution in [2.75, 3.05) is 6.54 Å². The molecule has 0 radical (unpaired) electrons. The van der Waals surface area contributed by atoms with Gasteiger partial charge in [0.05, 0.1) is 17.1 Å². The van der Waals surface area contributed by atoms with E-state index in [-0.39, 0.29) is 30.4 Å². The number of carbonyl (C=O) groups is 2. The number of nitrogens with one attached hydrogen (secondary N) is 1. The smallest absolute Gasteiger partial charge is 0.251 e. The number of piperidine rings is 1. The Hall–Kier alpha value is -2.86. The normalized spacial score (nSPS) is 17.5. The van der Waals surface area contributed by atoms with Gasteiger partial charge in [0.2, 0.25) is 5.91 Å². The lowest BCUT2D eigenvalue weighted by Crippen LogP contribution is -2.44. The summed E-state index contributed by atoms with van der Waals surface area (Å²) in [6.07, 6.45) is 3.25. The molecule has 3 aromatic rings. The zero-order valence-corrected chi connectivity index (χ0v) is 18.6. The highest BCUT2D eigenvalue weighted by molar-refractivity contribution is 6.30. The fourth-order valence-corrected chi connectivity index (χ4v) is 4.36. The minimum absolute atomic E-state index is 0.0906. The molecule has 2 heterocycles. The van der Waals surface area contributed by atoms with Crippen molar-refractivity contribution in [1.82, 2.24) is 19.8 Å². The van der Waals surface area contributed by atoms with Crippen LogP contribution in [0.25, 0.3) is 11.0 Å². The van der Waals surface area contributed by atoms with Gasteiger partial charge in [0, 0.05) is 23.2 Å². The molecule has 6 nitrogen and oxygen atoms in total. The molecule has 2 aromatic carbocycles. The first kappa shape index (κ1) is 21.4. The van der Waals surface area contributed by atoms with Crippen LogP contribution < -0.4 is 5.32 Å². The number of halogens is 1. The SMILES string of the molecule is CC(NC(=O)c1ccc(Cl)cc1)c1nc2ccccc2n1CC(=O)N1CCCCC1C. The van der Waals surface area contributed by atoms with E-state index in [4.69, 9.17) is 16.6 Å². The quantitative estimate of drug-likeness (QED) is 0.633. The molecule has 2 atom stereocenters. The second kappa shape index (κ2) is 9.10. The zero-order chi connectivity index (χ0) is 22.0. The van der Waals surface area contributed by atoms with Crippen molar-refractivity contribution in [3.63, 3.8) is 0 Å². The molecular weight excluding hydrogens is 412 g/mol. The minimum atomic E-state index is -0.373. The van der Waals surface area contributed by atoms with Crippen molar-refractivity contribution >= 4 is 34.4 Å². The summed E-state index contributed by atoms with van der Waals surface area (Å²) >= 11 is 5.93. The topological polar surface area (TPSA) is 67.2 Å². The number of hydrogen-bond donors (Lipinski definition) is 1. The highest BCUT2D eigenvalue weighted by atomic mass is 35.5. The van der Waals surface area contributed by atoms with Crippen LogP contribution in [-0.2, 0) is 11.3 Å². The van der Waals surface area contributed by atoms with E-state index in [0.29, 0.717) is 16.4 Å². The maximum absolute atomic E-state index is 13.1. The fourth-order valence-electron chi connectivity index (χ4n) is 4.23. The average Bonchev–Trinajstić information content (AvgIpc) is 3.13. The van der Waals surface area contributed by atoms with Crippen LogP contribution in [0.1, 0.15) is 55.3 Å². The van der Waals surface area contributed by atoms with E-state index in [2.05, 4.69) is 12.2 Å². The zero-order valence-electron chi connectivity index (χ0n) is 17.8. The minimum Gasteiger partial charge on any atom is -0.342 e. The van der Waals surface area contributed by atoms with Gasteiger partial charge in [0.1, 0.15) is 12.4 Å². The molecule has 2 amide bonds. The number of nitrogens with zero attached hydrogens (tertiary/aromatic N) is 3. The van der Waals surface area contributed by atoms with Gasteiger partial charge in [-0.25, -0.2) is 4.98 Å². The largest absolute Gasteiger partial charge is 0.342 e. The summed E-state index contributed by atoms with van der Waals surface area (Å²) in [6.45, 7) is 5.00. The fraction of sp³-hybridized carbons (Fsp3) is 0.375. The Morgan fingerprint density at radius 1 is 1.16 bits per heavy atom. The third kappa shape index (κ3) is 4.59. The Morgan fingerprint density at radius 3 is 2.65 bits per heavy atom. The molecule has 31 heavy (non-hydrogen) atoms. The molecule has 1 aliphatic rings. The first-order chi connectivity index (χ1) is 14.9. The molecule has 0 aliphatic carbocycles. The van der Waals surface area contributed by atoms with E-state index >= 15 is 0 Å². The van der Waals surface area contributed by atoms with Gasteiger partial charge < -0.3 is 14.8 Å². The highest BCUT2D eigenvalue weighted by Crippen LogP contribution is 2.23. The number of carbonyl (C=O) groups excluding carboxylic acids is 2. The van der Waals surface area contributed by atoms with Crippen LogP contribution in [0, 0.1) is 0 Å². The summed E-state index contributed by atoms with van der Waals surface area (Å²) in [6, 6.07) is 14.4. The molecule has 7 heteroatoms. The predicted molar refractivity (Wildman–Crippen MR) is 122 cm³/mol. The molecule has 1 N–H and O–H groups in total. The summed E-state index contributed by atoms with van der Waals surface area (Å²) < 4.78 is 1.94. The lowest BCUT2D eigenvalue weighted by Gasteiger charge is -2.33. The van der Waals surface area contributed by atoms with Gasteiger partial charge in [-0.3, -0.25) is 9.59 Å². The van der Waals surface area contributed by atoms with Gasteiger partial charge in [0.25, 0.3) is 5.91 Å². The molecule has 4 rings (SSSR count). The van der Waals surface area contributed by atoms with E-state index in [1.54, 1.807) is 24.3 Å². The van der Waals surface area contributed by atoms with Gasteiger partial charge in [0.15, 0.2) is 0 Å². The van der Waals surface area contributed by atoms with Crippen LogP contribution in [0.4, 0.5) is 0 Å². The van der Waals surface area contributed by atoms with Gasteiger partial charge >= 0.3 is 0 Å². The van der Waals surface area contributed by atoms with Crippen LogP contribution >= 0.6 is 11.6 Å². The summed E-state index contributed by atoms with van der Waals surface area (Å²) in [4.78, 5) is 32.6. The van der Waals surface area contributed by atoms with Crippen molar-refractivity contribution in [2.24, 2.45) is 0 Å². The summed E-state index contributed by atoms with van der Waals surface area (Å²) in [5.74, 6) is 0.549. The number of aromatic nitrogens is 2. The summed E-state index contributed by atoms with van der Waals surface area (Å²) in [5, 5.41) is 3.59. The second-order valence-electron chi connectivity index (χ2n) is 8.18. The Labute approximate surface area is 187 Å². The molecule has 1 saturated heterocycles. The maximum atomic E-state index is 13.1. The van der Waals surface area contributed by atoms with Crippen molar-refractivity contribution in [1.29, 1.82) is 0 Å². The number of amides is 2. The van der Waals surface area contributed by atoms with Crippen molar-refractivity contribution < 1.29 is 9.59 Å². The maximum Gasteiger partial charge on any atom is 0.251 e. The van der Waals surface area contributed by atoms with Crippen LogP contribution in [0.2, 0.25) is 5.02 Å². The van der Waals surface area contributed by atoms with E-state index in [1.807, 2.05) is 40.7 Å². The van der Waals surface area contributed by atoms with Crippen molar-refractivity contribution in [3.8, 4) is 0 Å². The standard InChI is InChI=1S/C24H27ClN4O2/c1-16-7-5-6-14-28(16)22(30)15-29-21-9-4-3-8-20(21)27-23(29)17(2)26-24(31)18-10-12-19(25)13-11-18/h3-4,8-13,16-17H,5-7,14-15H2,1-2H3,(H,26,31). The molecular formula is C24H27ClN4O2. The second-order valence-corrected chi connectivity index (χ2v) is 8.62. The summed E-state index contributed by atoms with van der Waals surface area (Å²) in [5.41, 5.74) is 2.23. The third-order valence-electron chi connectivity index (χ3n) is 5.94. The van der Waals surface area contributed by atoms with Crippen molar-refractivity contribution in [2.45, 2.75) is 51.7 Å². The van der Waals surface area contributed by atoms with Gasteiger partial charge in [-0.15, -0.1) is 0 Å². The van der Waals surface area contributed by atoms with Gasteiger partial charge in [-0.05, 0) is 69.5 Å². The van der Waals surface area contributed by atoms with Crippen molar-refractivity contribution in [3.05, 3.63) is 64.9 Å². The van der Waals surface area contributed by atoms with Crippen LogP contribution in [0.15, 0.2) is 48.5 Å². The lowest BCUT2D eigenvalue weighted by molar-refractivity contribution is -0.135. The number of fused-ring (bicyclic) bond motifs is 1. The average molecular weight is 439 g/mol. The first-order valence-electron chi connectivity index (χ1n) is 10.7. The van der Waals surface area contributed by atoms with Crippen LogP contribution in [0.5, 0.6) is 0 Å². The first-order valence-corrected chi connectivity index (χ1v) is 11.1. The highest BCUT2D eigenvalue weighted by Gasteiger charge is 2.26. The van der Waals surface area contributed by atoms with E-state index in [9.17, 15) is 9.59 Å². The molecule has 1 aromatic heterocycles. The molecule has 1 aliphatic heterocycles. The van der Waals surface area contributed by atoms with E-state index in [1.165, 1.54) is 0 Å². The molecule has 2 unspecified atom stereocenters. The number of benzene rings is 2. The van der Waals surface area contributed by atoms with Crippen LogP contribution in [-0.4, -0.2) is 38.9 Å². The monoisotopic (exact) mass is 438 g/mol. The number of rotatable bonds is 5. The lowest BCUT2D eigenvalue weighted by atomic mass is 10.0. The molecule has 0 spiro atoms. The number of likely N-dealkylation sites (tertiary alicyclic amines) is 1. The van der Waals surface area contributed by atoms with E-state index < -0.39 is 0 Å². The molecule has 0 bridgehead atoms. The summed E-state index contributed by atoms with van der Waals surface area (Å²) in [7, 11) is 0. The molecule has 162 valence electrons. The number of imidazole rings is 1. The Bertz CT molecular complexity index is 1090. The Kier molecular flexibility index (Phi) is 6.28. The Morgan fingerprint density at radius 2 is 1.90 bits per heavy atom. The number of hydrogen-bond acceptors (Lipinski definition) is 3. The third-order valence-corrected chi connectivity index (χ3v) is 6.19. The van der Waals surface area contributed by atoms with Crippen LogP contribution in [0.3, 0.4) is 0 Å². The number of para-hydroxylation sites is 2. The molecule has 0 saturated carbocycles. The Balaban J connectivity index is 1.60. The molecule has 1 fully saturated rings. The van der Waals surface area contributed by atoms with Gasteiger partial charge in [-0.2, -0.15) is 0 Å².